The minimum Gasteiger partial charge on any atom is -0.350 e. The lowest BCUT2D eigenvalue weighted by Gasteiger charge is -2.06. The molecular weight excluding hydrogens is 300 g/mol. The highest BCUT2D eigenvalue weighted by Crippen LogP contribution is 2.14. The molecule has 0 fully saturated rings. The van der Waals surface area contributed by atoms with E-state index in [4.69, 9.17) is 0 Å². The zero-order chi connectivity index (χ0) is 16.8. The lowest BCUT2D eigenvalue weighted by Crippen LogP contribution is -2.27. The van der Waals surface area contributed by atoms with E-state index >= 15 is 0 Å². The Labute approximate surface area is 141 Å². The van der Waals surface area contributed by atoms with E-state index in [-0.39, 0.29) is 5.91 Å². The zero-order valence-electron chi connectivity index (χ0n) is 13.6. The van der Waals surface area contributed by atoms with Crippen LogP contribution in [0.3, 0.4) is 0 Å². The molecule has 5 nitrogen and oxygen atoms in total. The van der Waals surface area contributed by atoms with Crippen LogP contribution in [0.1, 0.15) is 22.8 Å². The summed E-state index contributed by atoms with van der Waals surface area (Å²) in [5, 5.41) is 7.43. The van der Waals surface area contributed by atoms with E-state index in [9.17, 15) is 4.79 Å². The molecule has 0 aliphatic rings. The molecule has 5 heteroatoms. The molecule has 0 aliphatic carbocycles. The van der Waals surface area contributed by atoms with E-state index in [1.165, 1.54) is 5.56 Å². The predicted octanol–water partition coefficient (Wildman–Crippen LogP) is 2.94. The first kappa shape index (κ1) is 15.9. The number of carbonyl (C=O) groups excluding carboxylic acids is 1. The fourth-order valence-electron chi connectivity index (χ4n) is 2.44. The van der Waals surface area contributed by atoms with E-state index < -0.39 is 0 Å². The molecule has 2 heterocycles. The van der Waals surface area contributed by atoms with E-state index in [0.29, 0.717) is 18.7 Å². The Bertz CT molecular complexity index is 794. The lowest BCUT2D eigenvalue weighted by atomic mass is 10.1. The van der Waals surface area contributed by atoms with Gasteiger partial charge in [0.05, 0.1) is 12.2 Å². The van der Waals surface area contributed by atoms with Gasteiger partial charge < -0.3 is 5.32 Å². The van der Waals surface area contributed by atoms with Gasteiger partial charge in [0.25, 0.3) is 5.91 Å². The fraction of sp³-hybridized carbons (Fsp3) is 0.211. The van der Waals surface area contributed by atoms with Gasteiger partial charge in [-0.05, 0) is 42.3 Å². The third-order valence-electron chi connectivity index (χ3n) is 3.87. The maximum Gasteiger partial charge on any atom is 0.251 e. The summed E-state index contributed by atoms with van der Waals surface area (Å²) in [6, 6.07) is 13.5. The summed E-state index contributed by atoms with van der Waals surface area (Å²) in [4.78, 5) is 16.1. The summed E-state index contributed by atoms with van der Waals surface area (Å²) < 4.78 is 1.83. The Morgan fingerprint density at radius 1 is 1.08 bits per heavy atom. The summed E-state index contributed by atoms with van der Waals surface area (Å²) >= 11 is 0. The number of benzene rings is 1. The topological polar surface area (TPSA) is 59.8 Å². The average Bonchev–Trinajstić information content (AvgIpc) is 3.11. The number of nitrogens with zero attached hydrogens (tertiary/aromatic N) is 3. The van der Waals surface area contributed by atoms with Crippen LogP contribution < -0.4 is 5.32 Å². The van der Waals surface area contributed by atoms with Crippen molar-refractivity contribution in [1.82, 2.24) is 20.1 Å². The largest absolute Gasteiger partial charge is 0.350 e. The summed E-state index contributed by atoms with van der Waals surface area (Å²) in [5.41, 5.74) is 3.85. The summed E-state index contributed by atoms with van der Waals surface area (Å²) in [7, 11) is 0. The zero-order valence-corrected chi connectivity index (χ0v) is 13.6. The second kappa shape index (κ2) is 7.55. The fourth-order valence-corrected chi connectivity index (χ4v) is 2.44. The van der Waals surface area contributed by atoms with Crippen LogP contribution in [0.25, 0.3) is 11.3 Å². The maximum atomic E-state index is 12.1. The second-order valence-corrected chi connectivity index (χ2v) is 5.51. The first-order valence-electron chi connectivity index (χ1n) is 8.07. The molecule has 2 aromatic heterocycles. The van der Waals surface area contributed by atoms with Crippen molar-refractivity contribution in [2.24, 2.45) is 0 Å². The molecule has 122 valence electrons. The van der Waals surface area contributed by atoms with Gasteiger partial charge in [-0.3, -0.25) is 14.5 Å². The Balaban J connectivity index is 1.53. The Hall–Kier alpha value is -2.95. The third-order valence-corrected chi connectivity index (χ3v) is 3.87. The number of nitrogens with one attached hydrogen (secondary N) is 1. The molecule has 24 heavy (non-hydrogen) atoms. The first-order chi connectivity index (χ1) is 11.8. The molecular formula is C19H20N4O. The highest BCUT2D eigenvalue weighted by atomic mass is 16.1. The quantitative estimate of drug-likeness (QED) is 0.759. The molecule has 1 amide bonds. The van der Waals surface area contributed by atoms with Crippen molar-refractivity contribution in [2.75, 3.05) is 6.54 Å². The number of hydrogen-bond donors (Lipinski definition) is 1. The van der Waals surface area contributed by atoms with Crippen molar-refractivity contribution in [2.45, 2.75) is 19.9 Å². The van der Waals surface area contributed by atoms with Crippen molar-refractivity contribution in [1.29, 1.82) is 0 Å². The minimum atomic E-state index is -0.0563. The molecule has 0 saturated heterocycles. The molecule has 1 aromatic carbocycles. The third kappa shape index (κ3) is 3.87. The van der Waals surface area contributed by atoms with Gasteiger partial charge in [-0.1, -0.05) is 19.1 Å². The molecule has 0 radical (unpaired) electrons. The number of aryl methyl sites for hydroxylation is 1. The van der Waals surface area contributed by atoms with Crippen molar-refractivity contribution in [3.8, 4) is 11.3 Å². The van der Waals surface area contributed by atoms with Gasteiger partial charge in [-0.25, -0.2) is 0 Å². The van der Waals surface area contributed by atoms with Gasteiger partial charge >= 0.3 is 0 Å². The molecule has 0 saturated carbocycles. The number of rotatable bonds is 6. The first-order valence-corrected chi connectivity index (χ1v) is 8.07. The molecule has 0 spiro atoms. The number of pyridine rings is 1. The number of amides is 1. The van der Waals surface area contributed by atoms with Crippen molar-refractivity contribution in [3.05, 3.63) is 72.2 Å². The van der Waals surface area contributed by atoms with Crippen LogP contribution >= 0.6 is 0 Å². The highest BCUT2D eigenvalue weighted by Gasteiger charge is 2.05. The predicted molar refractivity (Wildman–Crippen MR) is 93.6 cm³/mol. The maximum absolute atomic E-state index is 12.1. The SMILES string of the molecule is CCc1ccc(C(=O)NCCn2ccc(-c3ccncc3)n2)cc1. The Morgan fingerprint density at radius 3 is 2.54 bits per heavy atom. The monoisotopic (exact) mass is 320 g/mol. The van der Waals surface area contributed by atoms with Crippen LogP contribution in [0.15, 0.2) is 61.1 Å². The van der Waals surface area contributed by atoms with Crippen molar-refractivity contribution < 1.29 is 4.79 Å². The van der Waals surface area contributed by atoms with Gasteiger partial charge in [-0.15, -0.1) is 0 Å². The van der Waals surface area contributed by atoms with Crippen molar-refractivity contribution in [3.63, 3.8) is 0 Å². The van der Waals surface area contributed by atoms with Crippen LogP contribution in [0.2, 0.25) is 0 Å². The van der Waals surface area contributed by atoms with E-state index in [1.807, 2.05) is 53.3 Å². The van der Waals surface area contributed by atoms with E-state index in [2.05, 4.69) is 22.3 Å². The molecule has 0 aliphatic heterocycles. The van der Waals surface area contributed by atoms with Gasteiger partial charge in [0.1, 0.15) is 0 Å². The summed E-state index contributed by atoms with van der Waals surface area (Å²) in [6.45, 7) is 3.26. The summed E-state index contributed by atoms with van der Waals surface area (Å²) in [5.74, 6) is -0.0563. The van der Waals surface area contributed by atoms with Crippen LogP contribution in [-0.4, -0.2) is 27.2 Å². The van der Waals surface area contributed by atoms with Gasteiger partial charge in [0, 0.05) is 36.3 Å². The number of carbonyl (C=O) groups is 1. The van der Waals surface area contributed by atoms with Crippen LogP contribution in [0.5, 0.6) is 0 Å². The molecule has 3 rings (SSSR count). The highest BCUT2D eigenvalue weighted by molar-refractivity contribution is 5.94. The van der Waals surface area contributed by atoms with E-state index in [1.54, 1.807) is 12.4 Å². The molecule has 0 unspecified atom stereocenters. The van der Waals surface area contributed by atoms with Crippen LogP contribution in [-0.2, 0) is 13.0 Å². The molecule has 1 N–H and O–H groups in total. The Morgan fingerprint density at radius 2 is 1.83 bits per heavy atom. The molecule has 0 atom stereocenters. The van der Waals surface area contributed by atoms with Gasteiger partial charge in [0.15, 0.2) is 0 Å². The minimum absolute atomic E-state index is 0.0563. The average molecular weight is 320 g/mol. The van der Waals surface area contributed by atoms with Crippen molar-refractivity contribution >= 4 is 5.91 Å². The van der Waals surface area contributed by atoms with E-state index in [0.717, 1.165) is 17.7 Å². The van der Waals surface area contributed by atoms with Gasteiger partial charge in [-0.2, -0.15) is 5.10 Å². The van der Waals surface area contributed by atoms with Crippen LogP contribution in [0, 0.1) is 0 Å². The summed E-state index contributed by atoms with van der Waals surface area (Å²) in [6.07, 6.45) is 6.38. The Kier molecular flexibility index (Phi) is 5.01. The lowest BCUT2D eigenvalue weighted by molar-refractivity contribution is 0.0952. The number of aromatic nitrogens is 3. The number of hydrogen-bond acceptors (Lipinski definition) is 3. The van der Waals surface area contributed by atoms with Crippen LogP contribution in [0.4, 0.5) is 0 Å². The smallest absolute Gasteiger partial charge is 0.251 e. The molecule has 0 bridgehead atoms. The second-order valence-electron chi connectivity index (χ2n) is 5.51. The van der Waals surface area contributed by atoms with Gasteiger partial charge in [0.2, 0.25) is 0 Å². The molecule has 3 aromatic rings. The standard InChI is InChI=1S/C19H20N4O/c1-2-15-3-5-17(6-4-15)19(24)21-12-14-23-13-9-18(22-23)16-7-10-20-11-8-16/h3-11,13H,2,12,14H2,1H3,(H,21,24). The normalized spacial score (nSPS) is 10.5.